The van der Waals surface area contributed by atoms with Crippen LogP contribution in [0.4, 0.5) is 4.39 Å². The largest absolute Gasteiger partial charge is 0.490 e. The zero-order valence-electron chi connectivity index (χ0n) is 11.1. The summed E-state index contributed by atoms with van der Waals surface area (Å²) in [5, 5.41) is 0.812. The molecule has 1 nitrogen and oxygen atoms in total. The number of rotatable bonds is 4. The third kappa shape index (κ3) is 2.88. The highest BCUT2D eigenvalue weighted by Gasteiger charge is 2.25. The summed E-state index contributed by atoms with van der Waals surface area (Å²) in [6, 6.07) is 15.0. The van der Waals surface area contributed by atoms with Crippen molar-refractivity contribution in [1.29, 1.82) is 0 Å². The Morgan fingerprint density at radius 3 is 2.80 bits per heavy atom. The van der Waals surface area contributed by atoms with Gasteiger partial charge in [-0.1, -0.05) is 46.3 Å². The van der Waals surface area contributed by atoms with Crippen LogP contribution in [0.3, 0.4) is 0 Å². The van der Waals surface area contributed by atoms with Crippen molar-refractivity contribution in [2.45, 2.75) is 24.9 Å². The normalized spacial score (nSPS) is 18.4. The van der Waals surface area contributed by atoms with Crippen molar-refractivity contribution in [2.24, 2.45) is 0 Å². The maximum absolute atomic E-state index is 13.3. The van der Waals surface area contributed by atoms with Gasteiger partial charge >= 0.3 is 0 Å². The van der Waals surface area contributed by atoms with E-state index in [1.54, 1.807) is 12.1 Å². The molecule has 0 N–H and O–H groups in total. The second kappa shape index (κ2) is 5.96. The first-order chi connectivity index (χ1) is 9.76. The molecule has 2 unspecified atom stereocenters. The highest BCUT2D eigenvalue weighted by molar-refractivity contribution is 9.09. The minimum atomic E-state index is -0.177. The van der Waals surface area contributed by atoms with Gasteiger partial charge in [0.05, 0.1) is 0 Å². The summed E-state index contributed by atoms with van der Waals surface area (Å²) < 4.78 is 19.3. The van der Waals surface area contributed by atoms with E-state index in [1.807, 2.05) is 24.3 Å². The van der Waals surface area contributed by atoms with Gasteiger partial charge in [-0.15, -0.1) is 0 Å². The second-order valence-electron chi connectivity index (χ2n) is 5.19. The fraction of sp³-hybridized carbons (Fsp3) is 0.294. The number of alkyl halides is 1. The Hall–Kier alpha value is -1.35. The molecule has 2 aromatic carbocycles. The predicted molar refractivity (Wildman–Crippen MR) is 82.1 cm³/mol. The zero-order valence-corrected chi connectivity index (χ0v) is 12.6. The summed E-state index contributed by atoms with van der Waals surface area (Å²) in [7, 11) is 0. The Morgan fingerprint density at radius 1 is 1.20 bits per heavy atom. The molecule has 0 radical (unpaired) electrons. The Bertz CT molecular complexity index is 574. The molecular formula is C17H16BrFO. The molecule has 104 valence electrons. The van der Waals surface area contributed by atoms with Gasteiger partial charge in [0.25, 0.3) is 0 Å². The Kier molecular flexibility index (Phi) is 4.06. The molecule has 2 aromatic rings. The van der Waals surface area contributed by atoms with Gasteiger partial charge in [0.15, 0.2) is 0 Å². The molecule has 20 heavy (non-hydrogen) atoms. The summed E-state index contributed by atoms with van der Waals surface area (Å²) >= 11 is 3.54. The molecule has 3 heteroatoms. The molecule has 1 heterocycles. The third-order valence-electron chi connectivity index (χ3n) is 3.77. The van der Waals surface area contributed by atoms with Crippen LogP contribution < -0.4 is 4.74 Å². The van der Waals surface area contributed by atoms with Crippen molar-refractivity contribution < 1.29 is 9.13 Å². The van der Waals surface area contributed by atoms with Crippen LogP contribution in [0.1, 0.15) is 23.5 Å². The summed E-state index contributed by atoms with van der Waals surface area (Å²) in [4.78, 5) is 0. The van der Waals surface area contributed by atoms with Gasteiger partial charge < -0.3 is 4.74 Å². The van der Waals surface area contributed by atoms with E-state index in [0.717, 1.165) is 29.5 Å². The van der Waals surface area contributed by atoms with Gasteiger partial charge in [-0.05, 0) is 41.7 Å². The zero-order chi connectivity index (χ0) is 13.9. The van der Waals surface area contributed by atoms with Crippen LogP contribution in [-0.4, -0.2) is 11.4 Å². The highest BCUT2D eigenvalue weighted by atomic mass is 79.9. The molecule has 1 aliphatic heterocycles. The first-order valence-corrected chi connectivity index (χ1v) is 7.94. The molecule has 0 saturated heterocycles. The van der Waals surface area contributed by atoms with Crippen LogP contribution >= 0.6 is 15.9 Å². The van der Waals surface area contributed by atoms with Crippen LogP contribution in [0.2, 0.25) is 0 Å². The molecule has 3 rings (SSSR count). The molecule has 0 saturated carbocycles. The predicted octanol–water partition coefficient (Wildman–Crippen LogP) is 4.70. The first-order valence-electron chi connectivity index (χ1n) is 6.82. The minimum Gasteiger partial charge on any atom is -0.490 e. The molecule has 0 bridgehead atoms. The van der Waals surface area contributed by atoms with E-state index < -0.39 is 0 Å². The number of para-hydroxylation sites is 1. The summed E-state index contributed by atoms with van der Waals surface area (Å²) in [6.07, 6.45) is 2.01. The molecule has 1 aliphatic rings. The van der Waals surface area contributed by atoms with Crippen molar-refractivity contribution in [3.63, 3.8) is 0 Å². The van der Waals surface area contributed by atoms with E-state index in [9.17, 15) is 4.39 Å². The van der Waals surface area contributed by atoms with Gasteiger partial charge in [-0.25, -0.2) is 4.39 Å². The van der Waals surface area contributed by atoms with Crippen LogP contribution in [0.25, 0.3) is 0 Å². The number of hydrogen-bond acceptors (Lipinski definition) is 1. The van der Waals surface area contributed by atoms with Crippen molar-refractivity contribution in [3.8, 4) is 5.75 Å². The van der Waals surface area contributed by atoms with Crippen LogP contribution in [-0.2, 0) is 6.42 Å². The van der Waals surface area contributed by atoms with Gasteiger partial charge in [0, 0.05) is 11.8 Å². The first kappa shape index (κ1) is 13.6. The molecule has 2 atom stereocenters. The second-order valence-corrected chi connectivity index (χ2v) is 5.84. The van der Waals surface area contributed by atoms with Gasteiger partial charge in [0.1, 0.15) is 17.7 Å². The average molecular weight is 335 g/mol. The van der Waals surface area contributed by atoms with Crippen molar-refractivity contribution in [3.05, 3.63) is 65.5 Å². The monoisotopic (exact) mass is 334 g/mol. The van der Waals surface area contributed by atoms with Gasteiger partial charge in [0.2, 0.25) is 0 Å². The number of fused-ring (bicyclic) bond motifs is 1. The molecule has 0 spiro atoms. The van der Waals surface area contributed by atoms with E-state index >= 15 is 0 Å². The fourth-order valence-corrected chi connectivity index (χ4v) is 3.39. The summed E-state index contributed by atoms with van der Waals surface area (Å²) in [5.74, 6) is 1.08. The standard InChI is InChI=1S/C17H16BrFO/c18-11-14(12-5-3-6-15(19)8-12)10-16-9-13-4-1-2-7-17(13)20-16/h1-8,14,16H,9-11H2. The molecule has 0 amide bonds. The molecule has 0 aromatic heterocycles. The van der Waals surface area contributed by atoms with Crippen molar-refractivity contribution >= 4 is 15.9 Å². The molecular weight excluding hydrogens is 319 g/mol. The third-order valence-corrected chi connectivity index (χ3v) is 4.55. The maximum atomic E-state index is 13.3. The summed E-state index contributed by atoms with van der Waals surface area (Å²) in [5.41, 5.74) is 2.30. The fourth-order valence-electron chi connectivity index (χ4n) is 2.75. The quantitative estimate of drug-likeness (QED) is 0.736. The topological polar surface area (TPSA) is 9.23 Å². The Labute approximate surface area is 126 Å². The van der Waals surface area contributed by atoms with Crippen molar-refractivity contribution in [1.82, 2.24) is 0 Å². The summed E-state index contributed by atoms with van der Waals surface area (Å²) in [6.45, 7) is 0. The van der Waals surface area contributed by atoms with E-state index in [4.69, 9.17) is 4.74 Å². The van der Waals surface area contributed by atoms with Crippen molar-refractivity contribution in [2.75, 3.05) is 5.33 Å². The van der Waals surface area contributed by atoms with E-state index in [-0.39, 0.29) is 17.8 Å². The smallest absolute Gasteiger partial charge is 0.123 e. The lowest BCUT2D eigenvalue weighted by Gasteiger charge is -2.19. The molecule has 0 aliphatic carbocycles. The minimum absolute atomic E-state index is 0.177. The van der Waals surface area contributed by atoms with Gasteiger partial charge in [-0.3, -0.25) is 0 Å². The number of ether oxygens (including phenoxy) is 1. The van der Waals surface area contributed by atoms with Crippen LogP contribution in [0.5, 0.6) is 5.75 Å². The number of benzene rings is 2. The molecule has 0 fully saturated rings. The Morgan fingerprint density at radius 2 is 2.05 bits per heavy atom. The van der Waals surface area contributed by atoms with E-state index in [1.165, 1.54) is 11.6 Å². The SMILES string of the molecule is Fc1cccc(C(CBr)CC2Cc3ccccc3O2)c1. The van der Waals surface area contributed by atoms with Crippen LogP contribution in [0, 0.1) is 5.82 Å². The number of halogens is 2. The lowest BCUT2D eigenvalue weighted by molar-refractivity contribution is 0.213. The van der Waals surface area contributed by atoms with E-state index in [2.05, 4.69) is 22.0 Å². The average Bonchev–Trinajstić information content (AvgIpc) is 2.87. The maximum Gasteiger partial charge on any atom is 0.123 e. The number of hydrogen-bond donors (Lipinski definition) is 0. The highest BCUT2D eigenvalue weighted by Crippen LogP contribution is 2.33. The Balaban J connectivity index is 1.71. The van der Waals surface area contributed by atoms with Crippen LogP contribution in [0.15, 0.2) is 48.5 Å². The van der Waals surface area contributed by atoms with Gasteiger partial charge in [-0.2, -0.15) is 0 Å². The lowest BCUT2D eigenvalue weighted by Crippen LogP contribution is -2.18. The van der Waals surface area contributed by atoms with E-state index in [0.29, 0.717) is 0 Å². The lowest BCUT2D eigenvalue weighted by atomic mass is 9.93.